The number of piperidine rings is 1. The second-order valence-corrected chi connectivity index (χ2v) is 9.74. The van der Waals surface area contributed by atoms with Gasteiger partial charge in [0.2, 0.25) is 0 Å². The summed E-state index contributed by atoms with van der Waals surface area (Å²) in [5, 5.41) is 34.6. The summed E-state index contributed by atoms with van der Waals surface area (Å²) in [6, 6.07) is 18.2. The van der Waals surface area contributed by atoms with Gasteiger partial charge in [-0.1, -0.05) is 41.6 Å². The fraction of sp³-hybridized carbons (Fsp3) is 0.346. The van der Waals surface area contributed by atoms with Gasteiger partial charge in [0.05, 0.1) is 16.7 Å². The highest BCUT2D eigenvalue weighted by atomic mass is 15.7. The summed E-state index contributed by atoms with van der Waals surface area (Å²) >= 11 is 0. The van der Waals surface area contributed by atoms with Crippen LogP contribution in [0.2, 0.25) is 0 Å². The van der Waals surface area contributed by atoms with Gasteiger partial charge >= 0.3 is 0 Å². The van der Waals surface area contributed by atoms with Gasteiger partial charge in [0.1, 0.15) is 23.4 Å². The van der Waals surface area contributed by atoms with E-state index in [-0.39, 0.29) is 12.3 Å². The van der Waals surface area contributed by atoms with Crippen LogP contribution in [0.1, 0.15) is 55.7 Å². The molecule has 1 aliphatic heterocycles. The van der Waals surface area contributed by atoms with Crippen molar-refractivity contribution in [1.82, 2.24) is 54.6 Å². The fourth-order valence-corrected chi connectivity index (χ4v) is 5.62. The molecular formula is C26H28N12. The zero-order valence-corrected chi connectivity index (χ0v) is 21.5. The maximum Gasteiger partial charge on any atom is 0.271 e. The molecule has 0 amide bonds. The predicted octanol–water partition coefficient (Wildman–Crippen LogP) is 3.65. The van der Waals surface area contributed by atoms with Crippen molar-refractivity contribution < 1.29 is 0 Å². The van der Waals surface area contributed by atoms with E-state index in [1.807, 2.05) is 70.4 Å². The Kier molecular flexibility index (Phi) is 5.20. The van der Waals surface area contributed by atoms with Crippen LogP contribution in [0.5, 0.6) is 0 Å². The van der Waals surface area contributed by atoms with Crippen LogP contribution in [0.4, 0.5) is 0 Å². The summed E-state index contributed by atoms with van der Waals surface area (Å²) in [5.41, 5.74) is 5.58. The molecule has 5 heterocycles. The van der Waals surface area contributed by atoms with E-state index in [0.717, 1.165) is 58.5 Å². The maximum absolute atomic E-state index is 4.76. The SMILES string of the molecule is CCc1nnc(-n2nc(C)cc2C)n1N1C(n2nnc3ccccc32)CCCC1n1nnc2ccccc21. The summed E-state index contributed by atoms with van der Waals surface area (Å²) in [7, 11) is 0. The lowest BCUT2D eigenvalue weighted by atomic mass is 10.1. The highest BCUT2D eigenvalue weighted by molar-refractivity contribution is 5.75. The van der Waals surface area contributed by atoms with E-state index in [9.17, 15) is 0 Å². The first-order chi connectivity index (χ1) is 18.6. The van der Waals surface area contributed by atoms with Crippen molar-refractivity contribution in [3.05, 3.63) is 71.8 Å². The number of aromatic nitrogens is 11. The smallest absolute Gasteiger partial charge is 0.260 e. The van der Waals surface area contributed by atoms with Gasteiger partial charge in [-0.15, -0.1) is 20.4 Å². The molecular weight excluding hydrogens is 480 g/mol. The van der Waals surface area contributed by atoms with Crippen molar-refractivity contribution in [3.8, 4) is 5.95 Å². The van der Waals surface area contributed by atoms with E-state index in [0.29, 0.717) is 12.4 Å². The summed E-state index contributed by atoms with van der Waals surface area (Å²) in [6.07, 6.45) is 3.08. The van der Waals surface area contributed by atoms with Crippen LogP contribution >= 0.6 is 0 Å². The molecule has 1 saturated heterocycles. The Labute approximate surface area is 218 Å². The minimum Gasteiger partial charge on any atom is -0.260 e. The molecule has 12 nitrogen and oxygen atoms in total. The number of para-hydroxylation sites is 2. The first kappa shape index (κ1) is 22.6. The Bertz CT molecular complexity index is 1670. The molecule has 12 heteroatoms. The van der Waals surface area contributed by atoms with Crippen molar-refractivity contribution in [2.45, 2.75) is 58.8 Å². The van der Waals surface area contributed by atoms with Gasteiger partial charge in [-0.3, -0.25) is 5.01 Å². The lowest BCUT2D eigenvalue weighted by Gasteiger charge is -2.44. The third kappa shape index (κ3) is 3.40. The van der Waals surface area contributed by atoms with Crippen LogP contribution in [-0.2, 0) is 6.42 Å². The van der Waals surface area contributed by atoms with Crippen molar-refractivity contribution in [2.75, 3.05) is 5.01 Å². The Hall–Kier alpha value is -4.61. The third-order valence-electron chi connectivity index (χ3n) is 7.29. The standard InChI is InChI=1S/C26H28N12/c1-4-23-29-30-26(34-18(3)16-17(2)31-34)37(23)38-24(35-21-12-7-5-10-19(21)27-32-35)14-9-15-25(38)36-22-13-8-6-11-20(22)28-33-36/h5-8,10-13,16,24-25H,4,9,14-15H2,1-3H3. The molecule has 0 N–H and O–H groups in total. The Balaban J connectivity index is 1.48. The van der Waals surface area contributed by atoms with Crippen LogP contribution in [0, 0.1) is 13.8 Å². The lowest BCUT2D eigenvalue weighted by molar-refractivity contribution is 0.189. The van der Waals surface area contributed by atoms with Crippen LogP contribution in [0.25, 0.3) is 28.0 Å². The largest absolute Gasteiger partial charge is 0.271 e. The monoisotopic (exact) mass is 508 g/mol. The van der Waals surface area contributed by atoms with Crippen LogP contribution < -0.4 is 5.01 Å². The second-order valence-electron chi connectivity index (χ2n) is 9.74. The third-order valence-corrected chi connectivity index (χ3v) is 7.29. The van der Waals surface area contributed by atoms with Gasteiger partial charge in [-0.05, 0) is 63.4 Å². The lowest BCUT2D eigenvalue weighted by Crippen LogP contribution is -2.50. The van der Waals surface area contributed by atoms with Gasteiger partial charge in [0, 0.05) is 12.1 Å². The number of hydrogen-bond acceptors (Lipinski definition) is 8. The minimum atomic E-state index is -0.166. The van der Waals surface area contributed by atoms with Gasteiger partial charge in [0.15, 0.2) is 5.82 Å². The highest BCUT2D eigenvalue weighted by Gasteiger charge is 2.39. The van der Waals surface area contributed by atoms with Crippen LogP contribution in [0.3, 0.4) is 0 Å². The van der Waals surface area contributed by atoms with Gasteiger partial charge in [-0.2, -0.15) is 5.10 Å². The number of aryl methyl sites for hydroxylation is 3. The number of fused-ring (bicyclic) bond motifs is 2. The van der Waals surface area contributed by atoms with E-state index in [4.69, 9.17) is 5.10 Å². The zero-order valence-electron chi connectivity index (χ0n) is 21.5. The first-order valence-electron chi connectivity index (χ1n) is 13.0. The van der Waals surface area contributed by atoms with Crippen LogP contribution in [0.15, 0.2) is 54.6 Å². The van der Waals surface area contributed by atoms with Crippen LogP contribution in [-0.4, -0.2) is 54.6 Å². The van der Waals surface area contributed by atoms with Crippen molar-refractivity contribution >= 4 is 22.1 Å². The molecule has 2 aromatic carbocycles. The molecule has 192 valence electrons. The highest BCUT2D eigenvalue weighted by Crippen LogP contribution is 2.38. The van der Waals surface area contributed by atoms with E-state index in [1.54, 1.807) is 0 Å². The quantitative estimate of drug-likeness (QED) is 0.347. The first-order valence-corrected chi connectivity index (χ1v) is 13.0. The molecule has 7 rings (SSSR count). The molecule has 1 aliphatic rings. The molecule has 0 bridgehead atoms. The van der Waals surface area contributed by atoms with Gasteiger partial charge in [-0.25, -0.2) is 18.7 Å². The molecule has 2 atom stereocenters. The number of nitrogens with zero attached hydrogens (tertiary/aromatic N) is 12. The minimum absolute atomic E-state index is 0.166. The molecule has 38 heavy (non-hydrogen) atoms. The zero-order chi connectivity index (χ0) is 25.8. The summed E-state index contributed by atoms with van der Waals surface area (Å²) in [6.45, 7) is 6.11. The van der Waals surface area contributed by atoms with Gasteiger partial charge < -0.3 is 0 Å². The molecule has 0 saturated carbocycles. The number of hydrogen-bond donors (Lipinski definition) is 0. The molecule has 2 unspecified atom stereocenters. The molecule has 1 fully saturated rings. The molecule has 4 aromatic heterocycles. The fourth-order valence-electron chi connectivity index (χ4n) is 5.62. The van der Waals surface area contributed by atoms with E-state index in [1.165, 1.54) is 0 Å². The Morgan fingerprint density at radius 2 is 1.39 bits per heavy atom. The summed E-state index contributed by atoms with van der Waals surface area (Å²) in [5.74, 6) is 1.47. The number of rotatable bonds is 5. The Morgan fingerprint density at radius 3 is 1.95 bits per heavy atom. The molecule has 0 radical (unpaired) electrons. The van der Waals surface area contributed by atoms with Crippen molar-refractivity contribution in [3.63, 3.8) is 0 Å². The predicted molar refractivity (Wildman–Crippen MR) is 141 cm³/mol. The normalized spacial score (nSPS) is 18.1. The van der Waals surface area contributed by atoms with E-state index >= 15 is 0 Å². The van der Waals surface area contributed by atoms with Crippen molar-refractivity contribution in [1.29, 1.82) is 0 Å². The Morgan fingerprint density at radius 1 is 0.789 bits per heavy atom. The topological polar surface area (TPSA) is 113 Å². The molecule has 0 aliphatic carbocycles. The number of benzene rings is 2. The second kappa shape index (κ2) is 8.75. The molecule has 0 spiro atoms. The average molecular weight is 509 g/mol. The summed E-state index contributed by atoms with van der Waals surface area (Å²) in [4.78, 5) is 0. The summed E-state index contributed by atoms with van der Waals surface area (Å²) < 4.78 is 8.01. The average Bonchev–Trinajstić information content (AvgIpc) is 3.72. The van der Waals surface area contributed by atoms with E-state index in [2.05, 4.69) is 59.6 Å². The maximum atomic E-state index is 4.76. The van der Waals surface area contributed by atoms with E-state index < -0.39 is 0 Å². The molecule has 6 aromatic rings. The van der Waals surface area contributed by atoms with Crippen molar-refractivity contribution in [2.24, 2.45) is 0 Å². The van der Waals surface area contributed by atoms with Gasteiger partial charge in [0.25, 0.3) is 5.95 Å².